The lowest BCUT2D eigenvalue weighted by Gasteiger charge is -2.29. The third-order valence-corrected chi connectivity index (χ3v) is 6.11. The molecule has 0 spiro atoms. The van der Waals surface area contributed by atoms with E-state index in [4.69, 9.17) is 9.47 Å². The molecular formula is C21H25NO4S. The largest absolute Gasteiger partial charge is 0.493 e. The second kappa shape index (κ2) is 8.23. The molecule has 0 saturated carbocycles. The normalized spacial score (nSPS) is 22.1. The lowest BCUT2D eigenvalue weighted by molar-refractivity contribution is 0.0220. The molecule has 5 nitrogen and oxygen atoms in total. The second-order valence-electron chi connectivity index (χ2n) is 6.85. The standard InChI is InChI=1S/C21H25NO4S/c1-21(14-16-7-5-4-6-8-16)19(23)22(20(24)27-21)12-11-15-9-10-17(25-2)18(13-15)26-3/h4-10,13,19,23H,11-12,14H2,1-3H3/t19?,21-/m1/s1. The summed E-state index contributed by atoms with van der Waals surface area (Å²) < 4.78 is 10.0. The molecule has 1 heterocycles. The molecule has 1 aliphatic rings. The zero-order chi connectivity index (χ0) is 19.4. The molecule has 0 aliphatic carbocycles. The van der Waals surface area contributed by atoms with Crippen molar-refractivity contribution in [2.24, 2.45) is 0 Å². The van der Waals surface area contributed by atoms with E-state index in [1.807, 2.05) is 55.5 Å². The van der Waals surface area contributed by atoms with Crippen molar-refractivity contribution >= 4 is 17.0 Å². The number of methoxy groups -OCH3 is 2. The van der Waals surface area contributed by atoms with E-state index in [-0.39, 0.29) is 5.24 Å². The van der Waals surface area contributed by atoms with E-state index in [9.17, 15) is 9.90 Å². The highest BCUT2D eigenvalue weighted by atomic mass is 32.2. The van der Waals surface area contributed by atoms with Crippen molar-refractivity contribution in [1.82, 2.24) is 4.90 Å². The Hall–Kier alpha value is -2.18. The van der Waals surface area contributed by atoms with Gasteiger partial charge in [-0.1, -0.05) is 48.2 Å². The van der Waals surface area contributed by atoms with Crippen molar-refractivity contribution in [3.8, 4) is 11.5 Å². The molecule has 2 atom stereocenters. The van der Waals surface area contributed by atoms with Crippen molar-refractivity contribution in [3.05, 3.63) is 59.7 Å². The van der Waals surface area contributed by atoms with Gasteiger partial charge < -0.3 is 19.5 Å². The van der Waals surface area contributed by atoms with Gasteiger partial charge in [0.05, 0.1) is 19.0 Å². The van der Waals surface area contributed by atoms with E-state index in [1.165, 1.54) is 11.8 Å². The van der Waals surface area contributed by atoms with Gasteiger partial charge in [-0.2, -0.15) is 0 Å². The van der Waals surface area contributed by atoms with E-state index < -0.39 is 11.0 Å². The molecule has 6 heteroatoms. The lowest BCUT2D eigenvalue weighted by atomic mass is 9.98. The van der Waals surface area contributed by atoms with Gasteiger partial charge in [-0.3, -0.25) is 4.79 Å². The molecule has 27 heavy (non-hydrogen) atoms. The summed E-state index contributed by atoms with van der Waals surface area (Å²) in [4.78, 5) is 14.1. The van der Waals surface area contributed by atoms with Crippen molar-refractivity contribution in [3.63, 3.8) is 0 Å². The SMILES string of the molecule is COc1ccc(CCN2C(=O)S[C@](C)(Cc3ccccc3)C2O)cc1OC. The van der Waals surface area contributed by atoms with Gasteiger partial charge in [-0.25, -0.2) is 0 Å². The molecule has 1 amide bonds. The number of aliphatic hydroxyl groups excluding tert-OH is 1. The van der Waals surface area contributed by atoms with Crippen LogP contribution < -0.4 is 9.47 Å². The van der Waals surface area contributed by atoms with Gasteiger partial charge in [-0.15, -0.1) is 0 Å². The molecule has 0 bridgehead atoms. The summed E-state index contributed by atoms with van der Waals surface area (Å²) >= 11 is 1.22. The van der Waals surface area contributed by atoms with Crippen LogP contribution in [0.4, 0.5) is 4.79 Å². The Morgan fingerprint density at radius 3 is 2.44 bits per heavy atom. The zero-order valence-corrected chi connectivity index (χ0v) is 16.7. The van der Waals surface area contributed by atoms with Crippen LogP contribution in [0.25, 0.3) is 0 Å². The average molecular weight is 388 g/mol. The fourth-order valence-electron chi connectivity index (χ4n) is 3.37. The van der Waals surface area contributed by atoms with E-state index in [0.29, 0.717) is 30.9 Å². The van der Waals surface area contributed by atoms with Gasteiger partial charge in [0, 0.05) is 6.54 Å². The van der Waals surface area contributed by atoms with Crippen LogP contribution in [-0.2, 0) is 12.8 Å². The Balaban J connectivity index is 1.68. The molecular weight excluding hydrogens is 362 g/mol. The van der Waals surface area contributed by atoms with Crippen LogP contribution >= 0.6 is 11.8 Å². The Kier molecular flexibility index (Phi) is 5.97. The summed E-state index contributed by atoms with van der Waals surface area (Å²) in [5.74, 6) is 1.33. The minimum Gasteiger partial charge on any atom is -0.493 e. The summed E-state index contributed by atoms with van der Waals surface area (Å²) in [6.45, 7) is 2.40. The summed E-state index contributed by atoms with van der Waals surface area (Å²) in [5.41, 5.74) is 2.13. The summed E-state index contributed by atoms with van der Waals surface area (Å²) in [5, 5.41) is 10.8. The number of hydrogen-bond donors (Lipinski definition) is 1. The second-order valence-corrected chi connectivity index (χ2v) is 8.34. The van der Waals surface area contributed by atoms with E-state index in [1.54, 1.807) is 19.1 Å². The fraction of sp³-hybridized carbons (Fsp3) is 0.381. The highest BCUT2D eigenvalue weighted by Crippen LogP contribution is 2.42. The lowest BCUT2D eigenvalue weighted by Crippen LogP contribution is -2.44. The first-order valence-electron chi connectivity index (χ1n) is 8.89. The van der Waals surface area contributed by atoms with E-state index in [0.717, 1.165) is 11.1 Å². The number of ether oxygens (including phenoxy) is 2. The van der Waals surface area contributed by atoms with Crippen molar-refractivity contribution in [2.75, 3.05) is 20.8 Å². The van der Waals surface area contributed by atoms with Crippen molar-refractivity contribution in [2.45, 2.75) is 30.7 Å². The summed E-state index contributed by atoms with van der Waals surface area (Å²) in [6.07, 6.45) is 0.444. The molecule has 2 aromatic carbocycles. The van der Waals surface area contributed by atoms with Gasteiger partial charge >= 0.3 is 0 Å². The average Bonchev–Trinajstić information content (AvgIpc) is 2.88. The highest BCUT2D eigenvalue weighted by Gasteiger charge is 2.48. The monoisotopic (exact) mass is 387 g/mol. The number of nitrogens with zero attached hydrogens (tertiary/aromatic N) is 1. The van der Waals surface area contributed by atoms with Crippen LogP contribution in [0.15, 0.2) is 48.5 Å². The van der Waals surface area contributed by atoms with E-state index in [2.05, 4.69) is 0 Å². The van der Waals surface area contributed by atoms with Gasteiger partial charge in [0.1, 0.15) is 6.23 Å². The maximum atomic E-state index is 12.5. The molecule has 1 aliphatic heterocycles. The van der Waals surface area contributed by atoms with Gasteiger partial charge in [-0.05, 0) is 43.0 Å². The first-order valence-corrected chi connectivity index (χ1v) is 9.71. The maximum Gasteiger partial charge on any atom is 0.284 e. The quantitative estimate of drug-likeness (QED) is 0.784. The summed E-state index contributed by atoms with van der Waals surface area (Å²) in [6, 6.07) is 15.7. The fourth-order valence-corrected chi connectivity index (χ4v) is 4.55. The van der Waals surface area contributed by atoms with Crippen LogP contribution in [0, 0.1) is 0 Å². The smallest absolute Gasteiger partial charge is 0.284 e. The molecule has 1 fully saturated rings. The molecule has 0 aromatic heterocycles. The molecule has 1 N–H and O–H groups in total. The molecule has 1 saturated heterocycles. The molecule has 2 aromatic rings. The number of aliphatic hydroxyl groups is 1. The number of rotatable bonds is 7. The number of thioether (sulfide) groups is 1. The highest BCUT2D eigenvalue weighted by molar-refractivity contribution is 8.15. The molecule has 1 unspecified atom stereocenters. The first kappa shape index (κ1) is 19.6. The van der Waals surface area contributed by atoms with Gasteiger partial charge in [0.2, 0.25) is 0 Å². The maximum absolute atomic E-state index is 12.5. The Morgan fingerprint density at radius 2 is 1.78 bits per heavy atom. The molecule has 3 rings (SSSR count). The first-order chi connectivity index (χ1) is 13.0. The predicted octanol–water partition coefficient (Wildman–Crippen LogP) is 3.73. The molecule has 144 valence electrons. The Labute approximate surface area is 164 Å². The topological polar surface area (TPSA) is 59.0 Å². The van der Waals surface area contributed by atoms with Gasteiger partial charge in [0.25, 0.3) is 5.24 Å². The van der Waals surface area contributed by atoms with Crippen molar-refractivity contribution in [1.29, 1.82) is 0 Å². The minimum absolute atomic E-state index is 0.0820. The van der Waals surface area contributed by atoms with E-state index >= 15 is 0 Å². The number of carbonyl (C=O) groups excluding carboxylic acids is 1. The van der Waals surface area contributed by atoms with Crippen LogP contribution in [0.5, 0.6) is 11.5 Å². The van der Waals surface area contributed by atoms with Crippen LogP contribution in [-0.4, -0.2) is 47.0 Å². The van der Waals surface area contributed by atoms with Crippen molar-refractivity contribution < 1.29 is 19.4 Å². The van der Waals surface area contributed by atoms with Gasteiger partial charge in [0.15, 0.2) is 11.5 Å². The zero-order valence-electron chi connectivity index (χ0n) is 15.8. The van der Waals surface area contributed by atoms with Crippen LogP contribution in [0.1, 0.15) is 18.1 Å². The minimum atomic E-state index is -0.824. The number of carbonyl (C=O) groups is 1. The summed E-state index contributed by atoms with van der Waals surface area (Å²) in [7, 11) is 3.20. The molecule has 0 radical (unpaired) electrons. The third kappa shape index (κ3) is 4.22. The number of benzene rings is 2. The predicted molar refractivity (Wildman–Crippen MR) is 108 cm³/mol. The number of amides is 1. The number of hydrogen-bond acceptors (Lipinski definition) is 5. The Bertz CT molecular complexity index is 798. The van der Waals surface area contributed by atoms with Crippen LogP contribution in [0.3, 0.4) is 0 Å². The third-order valence-electron chi connectivity index (χ3n) is 4.88. The van der Waals surface area contributed by atoms with Crippen LogP contribution in [0.2, 0.25) is 0 Å². The Morgan fingerprint density at radius 1 is 1.07 bits per heavy atom.